The smallest absolute Gasteiger partial charge is 0.387 e. The molecule has 1 fully saturated rings. The minimum absolute atomic E-state index is 0.0897. The van der Waals surface area contributed by atoms with Gasteiger partial charge in [0.05, 0.1) is 6.10 Å². The number of benzene rings is 1. The van der Waals surface area contributed by atoms with Gasteiger partial charge in [-0.15, -0.1) is 0 Å². The first kappa shape index (κ1) is 16.2. The maximum absolute atomic E-state index is 12.3. The summed E-state index contributed by atoms with van der Waals surface area (Å²) >= 11 is 0. The zero-order valence-electron chi connectivity index (χ0n) is 12.5. The molecule has 0 radical (unpaired) electrons. The van der Waals surface area contributed by atoms with E-state index in [1.807, 2.05) is 13.0 Å². The normalized spacial score (nSPS) is 24.0. The molecule has 1 saturated carbocycles. The monoisotopic (exact) mass is 299 g/mol. The molecule has 1 aromatic carbocycles. The number of rotatable bonds is 6. The van der Waals surface area contributed by atoms with Crippen LogP contribution in [0.15, 0.2) is 24.3 Å². The summed E-state index contributed by atoms with van der Waals surface area (Å²) in [7, 11) is 1.75. The third kappa shape index (κ3) is 4.93. The predicted molar refractivity (Wildman–Crippen MR) is 77.7 cm³/mol. The average molecular weight is 299 g/mol. The Kier molecular flexibility index (Phi) is 5.94. The molecule has 1 aromatic rings. The number of hydrogen-bond donors (Lipinski definition) is 1. The second-order valence-electron chi connectivity index (χ2n) is 5.56. The number of nitrogens with one attached hydrogen (secondary N) is 1. The van der Waals surface area contributed by atoms with E-state index in [0.29, 0.717) is 12.1 Å². The number of alkyl halides is 2. The molecule has 3 atom stereocenters. The molecule has 2 rings (SSSR count). The first-order valence-corrected chi connectivity index (χ1v) is 7.42. The van der Waals surface area contributed by atoms with Crippen LogP contribution in [0, 0.1) is 0 Å². The van der Waals surface area contributed by atoms with Crippen molar-refractivity contribution in [2.24, 2.45) is 0 Å². The largest absolute Gasteiger partial charge is 0.435 e. The molecule has 0 aliphatic heterocycles. The first-order valence-electron chi connectivity index (χ1n) is 7.42. The van der Waals surface area contributed by atoms with Gasteiger partial charge in [0.15, 0.2) is 0 Å². The Hall–Kier alpha value is -1.20. The summed E-state index contributed by atoms with van der Waals surface area (Å²) in [4.78, 5) is 0. The van der Waals surface area contributed by atoms with Crippen LogP contribution in [0.5, 0.6) is 5.75 Å². The molecule has 1 aliphatic rings. The SMILES string of the molecule is COC1CCCC(NC(C)c2cccc(OC(F)F)c2)C1. The summed E-state index contributed by atoms with van der Waals surface area (Å²) in [5.74, 6) is 0.203. The van der Waals surface area contributed by atoms with Crippen molar-refractivity contribution in [1.82, 2.24) is 5.32 Å². The molecule has 3 nitrogen and oxygen atoms in total. The Morgan fingerprint density at radius 1 is 1.29 bits per heavy atom. The lowest BCUT2D eigenvalue weighted by molar-refractivity contribution is -0.0499. The van der Waals surface area contributed by atoms with Crippen molar-refractivity contribution in [2.75, 3.05) is 7.11 Å². The van der Waals surface area contributed by atoms with Crippen molar-refractivity contribution in [3.05, 3.63) is 29.8 Å². The van der Waals surface area contributed by atoms with Crippen LogP contribution in [0.4, 0.5) is 8.78 Å². The van der Waals surface area contributed by atoms with E-state index in [0.717, 1.165) is 31.2 Å². The van der Waals surface area contributed by atoms with Gasteiger partial charge in [-0.25, -0.2) is 0 Å². The van der Waals surface area contributed by atoms with E-state index >= 15 is 0 Å². The van der Waals surface area contributed by atoms with Gasteiger partial charge in [0.25, 0.3) is 0 Å². The van der Waals surface area contributed by atoms with Gasteiger partial charge in [-0.2, -0.15) is 8.78 Å². The van der Waals surface area contributed by atoms with E-state index in [1.54, 1.807) is 25.3 Å². The summed E-state index contributed by atoms with van der Waals surface area (Å²) in [6.07, 6.45) is 4.70. The number of ether oxygens (including phenoxy) is 2. The summed E-state index contributed by atoms with van der Waals surface area (Å²) < 4.78 is 34.4. The van der Waals surface area contributed by atoms with Gasteiger partial charge in [-0.3, -0.25) is 0 Å². The highest BCUT2D eigenvalue weighted by atomic mass is 19.3. The molecule has 118 valence electrons. The summed E-state index contributed by atoms with van der Waals surface area (Å²) in [6, 6.07) is 7.37. The molecule has 0 heterocycles. The molecule has 1 aliphatic carbocycles. The van der Waals surface area contributed by atoms with Crippen molar-refractivity contribution in [1.29, 1.82) is 0 Å². The Bertz CT molecular complexity index is 442. The fourth-order valence-corrected chi connectivity index (χ4v) is 2.92. The van der Waals surface area contributed by atoms with Gasteiger partial charge in [0, 0.05) is 19.2 Å². The predicted octanol–water partition coefficient (Wildman–Crippen LogP) is 3.90. The van der Waals surface area contributed by atoms with E-state index in [1.165, 1.54) is 0 Å². The number of hydrogen-bond acceptors (Lipinski definition) is 3. The molecule has 1 N–H and O–H groups in total. The molecule has 5 heteroatoms. The van der Waals surface area contributed by atoms with Crippen molar-refractivity contribution >= 4 is 0 Å². The van der Waals surface area contributed by atoms with Crippen molar-refractivity contribution in [2.45, 2.75) is 57.4 Å². The van der Waals surface area contributed by atoms with Gasteiger partial charge in [-0.1, -0.05) is 12.1 Å². The lowest BCUT2D eigenvalue weighted by atomic mass is 9.92. The van der Waals surface area contributed by atoms with E-state index in [9.17, 15) is 8.78 Å². The maximum atomic E-state index is 12.3. The fraction of sp³-hybridized carbons (Fsp3) is 0.625. The highest BCUT2D eigenvalue weighted by Gasteiger charge is 2.23. The van der Waals surface area contributed by atoms with E-state index < -0.39 is 6.61 Å². The maximum Gasteiger partial charge on any atom is 0.387 e. The first-order chi connectivity index (χ1) is 10.1. The highest BCUT2D eigenvalue weighted by molar-refractivity contribution is 5.30. The minimum Gasteiger partial charge on any atom is -0.435 e. The molecular formula is C16H23F2NO2. The minimum atomic E-state index is -2.79. The molecule has 0 spiro atoms. The number of methoxy groups -OCH3 is 1. The topological polar surface area (TPSA) is 30.5 Å². The average Bonchev–Trinajstić information content (AvgIpc) is 2.47. The molecule has 3 unspecified atom stereocenters. The molecule has 21 heavy (non-hydrogen) atoms. The summed E-state index contributed by atoms with van der Waals surface area (Å²) in [6.45, 7) is -0.748. The molecule has 0 aromatic heterocycles. The standard InChI is InChI=1S/C16H23F2NO2/c1-11(19-13-6-4-7-14(10-13)20-2)12-5-3-8-15(9-12)21-16(17)18/h3,5,8-9,11,13-14,16,19H,4,6-7,10H2,1-2H3. The van der Waals surface area contributed by atoms with Gasteiger partial charge in [0.2, 0.25) is 0 Å². The zero-order valence-corrected chi connectivity index (χ0v) is 12.5. The van der Waals surface area contributed by atoms with Gasteiger partial charge in [-0.05, 0) is 50.3 Å². The van der Waals surface area contributed by atoms with Crippen LogP contribution in [0.25, 0.3) is 0 Å². The molecule has 0 amide bonds. The van der Waals surface area contributed by atoms with Crippen LogP contribution in [0.3, 0.4) is 0 Å². The van der Waals surface area contributed by atoms with E-state index in [-0.39, 0.29) is 11.8 Å². The summed E-state index contributed by atoms with van der Waals surface area (Å²) in [5.41, 5.74) is 0.952. The Balaban J connectivity index is 1.94. The lowest BCUT2D eigenvalue weighted by Gasteiger charge is -2.31. The van der Waals surface area contributed by atoms with E-state index in [2.05, 4.69) is 10.1 Å². The van der Waals surface area contributed by atoms with Crippen LogP contribution >= 0.6 is 0 Å². The third-order valence-corrected chi connectivity index (χ3v) is 4.03. The van der Waals surface area contributed by atoms with Crippen molar-refractivity contribution in [3.8, 4) is 5.75 Å². The van der Waals surface area contributed by atoms with Crippen LogP contribution in [0.2, 0.25) is 0 Å². The van der Waals surface area contributed by atoms with Crippen LogP contribution in [-0.4, -0.2) is 25.9 Å². The highest BCUT2D eigenvalue weighted by Crippen LogP contribution is 2.25. The lowest BCUT2D eigenvalue weighted by Crippen LogP contribution is -2.38. The van der Waals surface area contributed by atoms with Gasteiger partial charge < -0.3 is 14.8 Å². The Morgan fingerprint density at radius 2 is 2.10 bits per heavy atom. The number of halogens is 2. The van der Waals surface area contributed by atoms with E-state index in [4.69, 9.17) is 4.74 Å². The van der Waals surface area contributed by atoms with Crippen LogP contribution in [0.1, 0.15) is 44.2 Å². The van der Waals surface area contributed by atoms with Crippen molar-refractivity contribution < 1.29 is 18.3 Å². The zero-order chi connectivity index (χ0) is 15.2. The molecule has 0 bridgehead atoms. The summed E-state index contributed by atoms with van der Waals surface area (Å²) in [5, 5.41) is 3.56. The van der Waals surface area contributed by atoms with Crippen LogP contribution < -0.4 is 10.1 Å². The quantitative estimate of drug-likeness (QED) is 0.864. The third-order valence-electron chi connectivity index (χ3n) is 4.03. The van der Waals surface area contributed by atoms with Crippen LogP contribution in [-0.2, 0) is 4.74 Å². The second kappa shape index (κ2) is 7.71. The Labute approximate surface area is 124 Å². The second-order valence-corrected chi connectivity index (χ2v) is 5.56. The fourth-order valence-electron chi connectivity index (χ4n) is 2.92. The molecule has 0 saturated heterocycles. The Morgan fingerprint density at radius 3 is 2.81 bits per heavy atom. The van der Waals surface area contributed by atoms with Gasteiger partial charge in [0.1, 0.15) is 5.75 Å². The molecular weight excluding hydrogens is 276 g/mol. The van der Waals surface area contributed by atoms with Crippen molar-refractivity contribution in [3.63, 3.8) is 0 Å². The van der Waals surface area contributed by atoms with Gasteiger partial charge >= 0.3 is 6.61 Å².